The smallest absolute Gasteiger partial charge is 0.338 e. The number of hydrogen-bond donors (Lipinski definition) is 0. The maximum atomic E-state index is 12.2. The van der Waals surface area contributed by atoms with Gasteiger partial charge in [0.15, 0.2) is 0 Å². The first-order valence-corrected chi connectivity index (χ1v) is 7.91. The summed E-state index contributed by atoms with van der Waals surface area (Å²) in [7, 11) is 0. The SMILES string of the molecule is Cc1ccc(C(=O)OCCCC(C)C)cc1-c1ccccc1. The number of ether oxygens (including phenoxy) is 1. The van der Waals surface area contributed by atoms with Gasteiger partial charge in [0.1, 0.15) is 0 Å². The molecule has 0 aliphatic heterocycles. The van der Waals surface area contributed by atoms with Crippen LogP contribution in [0.2, 0.25) is 0 Å². The number of hydrogen-bond acceptors (Lipinski definition) is 2. The fraction of sp³-hybridized carbons (Fsp3) is 0.350. The molecule has 2 heteroatoms. The Balaban J connectivity index is 2.07. The van der Waals surface area contributed by atoms with Crippen LogP contribution < -0.4 is 0 Å². The zero-order chi connectivity index (χ0) is 15.9. The quantitative estimate of drug-likeness (QED) is 0.537. The molecule has 0 aliphatic carbocycles. The summed E-state index contributed by atoms with van der Waals surface area (Å²) >= 11 is 0. The molecule has 0 saturated heterocycles. The standard InChI is InChI=1S/C20H24O2/c1-15(2)8-7-13-22-20(21)18-12-11-16(3)19(14-18)17-9-5-4-6-10-17/h4-6,9-12,14-15H,7-8,13H2,1-3H3. The minimum Gasteiger partial charge on any atom is -0.462 e. The van der Waals surface area contributed by atoms with Gasteiger partial charge in [0.2, 0.25) is 0 Å². The fourth-order valence-corrected chi connectivity index (χ4v) is 2.42. The van der Waals surface area contributed by atoms with Gasteiger partial charge in [-0.25, -0.2) is 4.79 Å². The van der Waals surface area contributed by atoms with E-state index < -0.39 is 0 Å². The molecule has 0 N–H and O–H groups in total. The Labute approximate surface area is 133 Å². The van der Waals surface area contributed by atoms with E-state index in [9.17, 15) is 4.79 Å². The van der Waals surface area contributed by atoms with Crippen molar-refractivity contribution in [1.82, 2.24) is 0 Å². The third-order valence-corrected chi connectivity index (χ3v) is 3.72. The number of esters is 1. The normalized spacial score (nSPS) is 10.7. The van der Waals surface area contributed by atoms with Crippen molar-refractivity contribution in [3.63, 3.8) is 0 Å². The Hall–Kier alpha value is -2.09. The van der Waals surface area contributed by atoms with E-state index in [1.54, 1.807) is 0 Å². The lowest BCUT2D eigenvalue weighted by Gasteiger charge is -2.10. The molecule has 0 radical (unpaired) electrons. The van der Waals surface area contributed by atoms with Crippen LogP contribution in [-0.2, 0) is 4.74 Å². The lowest BCUT2D eigenvalue weighted by atomic mass is 9.98. The average Bonchev–Trinajstić information content (AvgIpc) is 2.52. The predicted molar refractivity (Wildman–Crippen MR) is 91.0 cm³/mol. The molecule has 0 atom stereocenters. The van der Waals surface area contributed by atoms with Gasteiger partial charge in [-0.1, -0.05) is 50.2 Å². The van der Waals surface area contributed by atoms with Gasteiger partial charge in [-0.3, -0.25) is 0 Å². The number of benzene rings is 2. The van der Waals surface area contributed by atoms with Gasteiger partial charge in [-0.15, -0.1) is 0 Å². The van der Waals surface area contributed by atoms with Crippen LogP contribution in [0.4, 0.5) is 0 Å². The third-order valence-electron chi connectivity index (χ3n) is 3.72. The van der Waals surface area contributed by atoms with Crippen molar-refractivity contribution in [2.75, 3.05) is 6.61 Å². The molecule has 0 fully saturated rings. The van der Waals surface area contributed by atoms with E-state index in [0.29, 0.717) is 18.1 Å². The molecule has 2 aromatic carbocycles. The van der Waals surface area contributed by atoms with Crippen LogP contribution in [0.15, 0.2) is 48.5 Å². The molecule has 0 bridgehead atoms. The summed E-state index contributed by atoms with van der Waals surface area (Å²) in [5.41, 5.74) is 3.98. The topological polar surface area (TPSA) is 26.3 Å². The van der Waals surface area contributed by atoms with E-state index >= 15 is 0 Å². The van der Waals surface area contributed by atoms with Gasteiger partial charge in [0.25, 0.3) is 0 Å². The Kier molecular flexibility index (Phi) is 5.76. The van der Waals surface area contributed by atoms with E-state index in [1.807, 2.05) is 36.4 Å². The van der Waals surface area contributed by atoms with E-state index in [0.717, 1.165) is 29.5 Å². The molecule has 0 aromatic heterocycles. The summed E-state index contributed by atoms with van der Waals surface area (Å²) in [6.45, 7) is 6.90. The van der Waals surface area contributed by atoms with Crippen LogP contribution >= 0.6 is 0 Å². The Morgan fingerprint density at radius 1 is 1.09 bits per heavy atom. The maximum Gasteiger partial charge on any atom is 0.338 e. The monoisotopic (exact) mass is 296 g/mol. The van der Waals surface area contributed by atoms with Crippen molar-refractivity contribution < 1.29 is 9.53 Å². The zero-order valence-corrected chi connectivity index (χ0v) is 13.6. The van der Waals surface area contributed by atoms with Crippen LogP contribution in [0.5, 0.6) is 0 Å². The summed E-state index contributed by atoms with van der Waals surface area (Å²) in [6.07, 6.45) is 2.00. The fourth-order valence-electron chi connectivity index (χ4n) is 2.42. The first-order chi connectivity index (χ1) is 10.6. The molecular formula is C20H24O2. The van der Waals surface area contributed by atoms with Gasteiger partial charge >= 0.3 is 5.97 Å². The summed E-state index contributed by atoms with van der Waals surface area (Å²) in [5.74, 6) is 0.406. The van der Waals surface area contributed by atoms with Crippen LogP contribution in [0.3, 0.4) is 0 Å². The van der Waals surface area contributed by atoms with E-state index in [-0.39, 0.29) is 5.97 Å². The van der Waals surface area contributed by atoms with Gasteiger partial charge in [0.05, 0.1) is 12.2 Å². The third kappa shape index (κ3) is 4.45. The first-order valence-electron chi connectivity index (χ1n) is 7.91. The van der Waals surface area contributed by atoms with Crippen molar-refractivity contribution >= 4 is 5.97 Å². The second-order valence-corrected chi connectivity index (χ2v) is 6.07. The Bertz CT molecular complexity index is 615. The Morgan fingerprint density at radius 3 is 2.50 bits per heavy atom. The highest BCUT2D eigenvalue weighted by molar-refractivity contribution is 5.91. The molecule has 116 valence electrons. The average molecular weight is 296 g/mol. The van der Waals surface area contributed by atoms with Gasteiger partial charge in [-0.05, 0) is 54.5 Å². The van der Waals surface area contributed by atoms with Gasteiger partial charge < -0.3 is 4.74 Å². The summed E-state index contributed by atoms with van der Waals surface area (Å²) < 4.78 is 5.37. The van der Waals surface area contributed by atoms with Crippen molar-refractivity contribution in [2.24, 2.45) is 5.92 Å². The predicted octanol–water partition coefficient (Wildman–Crippen LogP) is 5.26. The van der Waals surface area contributed by atoms with Crippen molar-refractivity contribution in [1.29, 1.82) is 0 Å². The molecule has 0 aliphatic rings. The van der Waals surface area contributed by atoms with Crippen LogP contribution in [0.25, 0.3) is 11.1 Å². The molecular weight excluding hydrogens is 272 g/mol. The minimum absolute atomic E-state index is 0.235. The summed E-state index contributed by atoms with van der Waals surface area (Å²) in [5, 5.41) is 0. The van der Waals surface area contributed by atoms with Crippen molar-refractivity contribution in [2.45, 2.75) is 33.6 Å². The molecule has 0 spiro atoms. The number of aryl methyl sites for hydroxylation is 1. The highest BCUT2D eigenvalue weighted by Crippen LogP contribution is 2.24. The molecule has 22 heavy (non-hydrogen) atoms. The lowest BCUT2D eigenvalue weighted by molar-refractivity contribution is 0.0495. The maximum absolute atomic E-state index is 12.2. The van der Waals surface area contributed by atoms with Gasteiger partial charge in [0, 0.05) is 0 Å². The Morgan fingerprint density at radius 2 is 1.82 bits per heavy atom. The summed E-state index contributed by atoms with van der Waals surface area (Å²) in [4.78, 5) is 12.2. The lowest BCUT2D eigenvalue weighted by Crippen LogP contribution is -2.07. The van der Waals surface area contributed by atoms with E-state index in [4.69, 9.17) is 4.74 Å². The van der Waals surface area contributed by atoms with Crippen molar-refractivity contribution in [3.05, 3.63) is 59.7 Å². The highest BCUT2D eigenvalue weighted by atomic mass is 16.5. The van der Waals surface area contributed by atoms with E-state index in [1.165, 1.54) is 0 Å². The largest absolute Gasteiger partial charge is 0.462 e. The molecule has 0 unspecified atom stereocenters. The zero-order valence-electron chi connectivity index (χ0n) is 13.6. The second kappa shape index (κ2) is 7.79. The first kappa shape index (κ1) is 16.3. The highest BCUT2D eigenvalue weighted by Gasteiger charge is 2.10. The minimum atomic E-state index is -0.235. The molecule has 0 heterocycles. The van der Waals surface area contributed by atoms with Crippen LogP contribution in [0, 0.1) is 12.8 Å². The molecule has 0 amide bonds. The van der Waals surface area contributed by atoms with Gasteiger partial charge in [-0.2, -0.15) is 0 Å². The molecule has 0 saturated carbocycles. The molecule has 2 rings (SSSR count). The molecule has 2 nitrogen and oxygen atoms in total. The molecule has 2 aromatic rings. The number of carbonyl (C=O) groups excluding carboxylic acids is 1. The number of carbonyl (C=O) groups is 1. The van der Waals surface area contributed by atoms with Crippen LogP contribution in [0.1, 0.15) is 42.6 Å². The second-order valence-electron chi connectivity index (χ2n) is 6.07. The van der Waals surface area contributed by atoms with Crippen LogP contribution in [-0.4, -0.2) is 12.6 Å². The summed E-state index contributed by atoms with van der Waals surface area (Å²) in [6, 6.07) is 15.9. The van der Waals surface area contributed by atoms with Crippen molar-refractivity contribution in [3.8, 4) is 11.1 Å². The number of rotatable bonds is 6. The van der Waals surface area contributed by atoms with E-state index in [2.05, 4.69) is 32.9 Å².